The van der Waals surface area contributed by atoms with Crippen molar-refractivity contribution in [3.05, 3.63) is 48.4 Å². The van der Waals surface area contributed by atoms with Gasteiger partial charge < -0.3 is 5.32 Å². The van der Waals surface area contributed by atoms with Gasteiger partial charge >= 0.3 is 6.03 Å². The molecular formula is C15H18N4O. The molecule has 2 aromatic rings. The second-order valence-corrected chi connectivity index (χ2v) is 4.57. The summed E-state index contributed by atoms with van der Waals surface area (Å²) in [4.78, 5) is 19.9. The van der Waals surface area contributed by atoms with E-state index >= 15 is 0 Å². The molecule has 5 heteroatoms. The Balaban J connectivity index is 2.08. The number of carbonyl (C=O) groups is 1. The van der Waals surface area contributed by atoms with Crippen LogP contribution in [0, 0.1) is 0 Å². The minimum absolute atomic E-state index is 0.318. The Kier molecular flexibility index (Phi) is 4.65. The van der Waals surface area contributed by atoms with E-state index in [1.165, 1.54) is 12.4 Å². The number of hydrogen-bond donors (Lipinski definition) is 2. The van der Waals surface area contributed by atoms with Gasteiger partial charge in [-0.25, -0.2) is 9.78 Å². The number of carbonyl (C=O) groups excluding carboxylic acids is 1. The van der Waals surface area contributed by atoms with Gasteiger partial charge in [-0.05, 0) is 24.0 Å². The van der Waals surface area contributed by atoms with E-state index in [9.17, 15) is 4.79 Å². The highest BCUT2D eigenvalue weighted by Crippen LogP contribution is 2.26. The summed E-state index contributed by atoms with van der Waals surface area (Å²) in [5.74, 6) is 0.814. The highest BCUT2D eigenvalue weighted by molar-refractivity contribution is 5.99. The van der Waals surface area contributed by atoms with Gasteiger partial charge in [-0.1, -0.05) is 32.0 Å². The van der Waals surface area contributed by atoms with E-state index < -0.39 is 0 Å². The van der Waals surface area contributed by atoms with Crippen molar-refractivity contribution < 1.29 is 4.79 Å². The number of benzene rings is 1. The molecule has 1 aromatic heterocycles. The summed E-state index contributed by atoms with van der Waals surface area (Å²) in [7, 11) is 0. The standard InChI is InChI=1S/C15H18N4O/c1-3-11(2)12-6-4-5-7-13(12)18-15(20)19-14-10-16-8-9-17-14/h4-11H,3H2,1-2H3,(H2,17,18,19,20). The highest BCUT2D eigenvalue weighted by Gasteiger charge is 2.11. The first-order chi connectivity index (χ1) is 9.70. The molecule has 0 aliphatic carbocycles. The van der Waals surface area contributed by atoms with E-state index in [1.54, 1.807) is 6.20 Å². The lowest BCUT2D eigenvalue weighted by atomic mass is 9.97. The summed E-state index contributed by atoms with van der Waals surface area (Å²) in [6.45, 7) is 4.27. The Hall–Kier alpha value is -2.43. The largest absolute Gasteiger partial charge is 0.324 e. The Labute approximate surface area is 118 Å². The molecule has 0 radical (unpaired) electrons. The van der Waals surface area contributed by atoms with Crippen LogP contribution in [0.25, 0.3) is 0 Å². The predicted octanol–water partition coefficient (Wildman–Crippen LogP) is 3.63. The van der Waals surface area contributed by atoms with Crippen molar-refractivity contribution in [2.24, 2.45) is 0 Å². The third-order valence-electron chi connectivity index (χ3n) is 3.16. The van der Waals surface area contributed by atoms with Crippen LogP contribution < -0.4 is 10.6 Å². The fraction of sp³-hybridized carbons (Fsp3) is 0.267. The lowest BCUT2D eigenvalue weighted by molar-refractivity contribution is 0.262. The maximum atomic E-state index is 12.0. The third kappa shape index (κ3) is 3.54. The molecule has 20 heavy (non-hydrogen) atoms. The Bertz CT molecular complexity index is 571. The second-order valence-electron chi connectivity index (χ2n) is 4.57. The van der Waals surface area contributed by atoms with Crippen molar-refractivity contribution in [1.82, 2.24) is 9.97 Å². The molecular weight excluding hydrogens is 252 g/mol. The summed E-state index contributed by atoms with van der Waals surface area (Å²) in [6, 6.07) is 7.50. The van der Waals surface area contributed by atoms with Gasteiger partial charge in [0.15, 0.2) is 5.82 Å². The fourth-order valence-corrected chi connectivity index (χ4v) is 1.89. The van der Waals surface area contributed by atoms with Gasteiger partial charge in [0.1, 0.15) is 0 Å². The lowest BCUT2D eigenvalue weighted by Gasteiger charge is -2.15. The summed E-state index contributed by atoms with van der Waals surface area (Å²) in [5, 5.41) is 5.51. The summed E-state index contributed by atoms with van der Waals surface area (Å²) >= 11 is 0. The zero-order chi connectivity index (χ0) is 14.4. The summed E-state index contributed by atoms with van der Waals surface area (Å²) in [6.07, 6.45) is 5.61. The molecule has 1 heterocycles. The fourth-order valence-electron chi connectivity index (χ4n) is 1.89. The molecule has 0 aliphatic rings. The molecule has 0 saturated heterocycles. The number of nitrogens with one attached hydrogen (secondary N) is 2. The van der Waals surface area contributed by atoms with Crippen molar-refractivity contribution in [3.63, 3.8) is 0 Å². The minimum atomic E-state index is -0.318. The normalized spacial score (nSPS) is 11.7. The number of amides is 2. The zero-order valence-electron chi connectivity index (χ0n) is 11.6. The van der Waals surface area contributed by atoms with Crippen LogP contribution >= 0.6 is 0 Å². The van der Waals surface area contributed by atoms with Crippen molar-refractivity contribution in [3.8, 4) is 0 Å². The van der Waals surface area contributed by atoms with Gasteiger partial charge in [0, 0.05) is 18.1 Å². The van der Waals surface area contributed by atoms with Crippen LogP contribution in [0.4, 0.5) is 16.3 Å². The molecule has 0 aliphatic heterocycles. The topological polar surface area (TPSA) is 66.9 Å². The number of para-hydroxylation sites is 1. The second kappa shape index (κ2) is 6.65. The van der Waals surface area contributed by atoms with E-state index in [0.29, 0.717) is 11.7 Å². The lowest BCUT2D eigenvalue weighted by Crippen LogP contribution is -2.21. The van der Waals surface area contributed by atoms with Crippen LogP contribution in [0.15, 0.2) is 42.9 Å². The van der Waals surface area contributed by atoms with Gasteiger partial charge in [0.25, 0.3) is 0 Å². The van der Waals surface area contributed by atoms with Crippen molar-refractivity contribution >= 4 is 17.5 Å². The van der Waals surface area contributed by atoms with E-state index in [4.69, 9.17) is 0 Å². The number of anilines is 2. The van der Waals surface area contributed by atoms with Gasteiger partial charge in [-0.15, -0.1) is 0 Å². The first kappa shape index (κ1) is 14.0. The number of rotatable bonds is 4. The van der Waals surface area contributed by atoms with Gasteiger partial charge in [-0.2, -0.15) is 0 Å². The molecule has 0 saturated carbocycles. The smallest absolute Gasteiger partial charge is 0.307 e. The first-order valence-corrected chi connectivity index (χ1v) is 6.63. The minimum Gasteiger partial charge on any atom is -0.307 e. The van der Waals surface area contributed by atoms with E-state index in [-0.39, 0.29) is 6.03 Å². The summed E-state index contributed by atoms with van der Waals surface area (Å²) in [5.41, 5.74) is 1.95. The van der Waals surface area contributed by atoms with Crippen molar-refractivity contribution in [1.29, 1.82) is 0 Å². The molecule has 2 N–H and O–H groups in total. The molecule has 1 unspecified atom stereocenters. The van der Waals surface area contributed by atoms with Gasteiger partial charge in [0.2, 0.25) is 0 Å². The van der Waals surface area contributed by atoms with Crippen LogP contribution in [0.3, 0.4) is 0 Å². The molecule has 0 fully saturated rings. The SMILES string of the molecule is CCC(C)c1ccccc1NC(=O)Nc1cnccn1. The van der Waals surface area contributed by atoms with Crippen LogP contribution in [-0.4, -0.2) is 16.0 Å². The van der Waals surface area contributed by atoms with Crippen LogP contribution in [-0.2, 0) is 0 Å². The van der Waals surface area contributed by atoms with Crippen LogP contribution in [0.5, 0.6) is 0 Å². The maximum Gasteiger partial charge on any atom is 0.324 e. The molecule has 5 nitrogen and oxygen atoms in total. The Morgan fingerprint density at radius 2 is 2.05 bits per heavy atom. The zero-order valence-corrected chi connectivity index (χ0v) is 11.6. The quantitative estimate of drug-likeness (QED) is 0.891. The molecule has 1 aromatic carbocycles. The average molecular weight is 270 g/mol. The number of nitrogens with zero attached hydrogens (tertiary/aromatic N) is 2. The van der Waals surface area contributed by atoms with E-state index in [2.05, 4.69) is 34.4 Å². The molecule has 2 rings (SSSR count). The molecule has 0 spiro atoms. The predicted molar refractivity (Wildman–Crippen MR) is 79.8 cm³/mol. The molecule has 2 amide bonds. The molecule has 0 bridgehead atoms. The number of aromatic nitrogens is 2. The monoisotopic (exact) mass is 270 g/mol. The Morgan fingerprint density at radius 3 is 2.75 bits per heavy atom. The molecule has 104 valence electrons. The molecule has 1 atom stereocenters. The number of urea groups is 1. The van der Waals surface area contributed by atoms with Gasteiger partial charge in [0.05, 0.1) is 6.20 Å². The van der Waals surface area contributed by atoms with Crippen molar-refractivity contribution in [2.45, 2.75) is 26.2 Å². The van der Waals surface area contributed by atoms with Crippen LogP contribution in [0.1, 0.15) is 31.7 Å². The Morgan fingerprint density at radius 1 is 1.25 bits per heavy atom. The van der Waals surface area contributed by atoms with E-state index in [0.717, 1.165) is 17.7 Å². The number of hydrogen-bond acceptors (Lipinski definition) is 3. The van der Waals surface area contributed by atoms with Crippen molar-refractivity contribution in [2.75, 3.05) is 10.6 Å². The maximum absolute atomic E-state index is 12.0. The third-order valence-corrected chi connectivity index (χ3v) is 3.16. The highest BCUT2D eigenvalue weighted by atomic mass is 16.2. The van der Waals surface area contributed by atoms with Crippen LogP contribution in [0.2, 0.25) is 0 Å². The average Bonchev–Trinajstić information content (AvgIpc) is 2.48. The first-order valence-electron chi connectivity index (χ1n) is 6.63. The van der Waals surface area contributed by atoms with Gasteiger partial charge in [-0.3, -0.25) is 10.3 Å². The summed E-state index contributed by atoms with van der Waals surface area (Å²) < 4.78 is 0. The van der Waals surface area contributed by atoms with E-state index in [1.807, 2.05) is 24.3 Å².